The van der Waals surface area contributed by atoms with Gasteiger partial charge in [-0.25, -0.2) is 0 Å². The van der Waals surface area contributed by atoms with E-state index < -0.39 is 5.92 Å². The first kappa shape index (κ1) is 25.4. The van der Waals surface area contributed by atoms with Gasteiger partial charge in [0.15, 0.2) is 0 Å². The Morgan fingerprint density at radius 2 is 1.73 bits per heavy atom. The van der Waals surface area contributed by atoms with Crippen LogP contribution in [-0.2, 0) is 27.2 Å². The van der Waals surface area contributed by atoms with Gasteiger partial charge < -0.3 is 10.3 Å². The Bertz CT molecular complexity index is 1270. The van der Waals surface area contributed by atoms with Crippen molar-refractivity contribution in [3.8, 4) is 0 Å². The van der Waals surface area contributed by atoms with E-state index in [1.807, 2.05) is 36.5 Å². The van der Waals surface area contributed by atoms with E-state index in [0.29, 0.717) is 18.3 Å². The molecule has 1 amide bonds. The normalized spacial score (nSPS) is 23.3. The lowest BCUT2D eigenvalue weighted by Crippen LogP contribution is -2.36. The summed E-state index contributed by atoms with van der Waals surface area (Å²) in [6.45, 7) is 3.81. The molecule has 37 heavy (non-hydrogen) atoms. The van der Waals surface area contributed by atoms with E-state index in [1.54, 1.807) is 6.92 Å². The molecule has 3 aromatic rings. The molecule has 4 unspecified atom stereocenters. The molecule has 0 spiro atoms. The molecule has 0 radical (unpaired) electrons. The van der Waals surface area contributed by atoms with Crippen LogP contribution in [0.25, 0.3) is 10.9 Å². The summed E-state index contributed by atoms with van der Waals surface area (Å²) in [7, 11) is 0. The molecule has 5 heteroatoms. The van der Waals surface area contributed by atoms with Gasteiger partial charge in [-0.2, -0.15) is 0 Å². The monoisotopic (exact) mass is 498 g/mol. The largest absolute Gasteiger partial charge is 0.361 e. The number of amides is 1. The number of Topliss-reactive ketones (excluding diaryl/α,β-unsaturated/α-hetero) is 2. The van der Waals surface area contributed by atoms with Crippen molar-refractivity contribution >= 4 is 34.1 Å². The highest BCUT2D eigenvalue weighted by Crippen LogP contribution is 2.53. The van der Waals surface area contributed by atoms with Gasteiger partial charge in [-0.3, -0.25) is 14.4 Å². The number of para-hydroxylation sites is 1. The van der Waals surface area contributed by atoms with Gasteiger partial charge in [-0.15, -0.1) is 0 Å². The minimum Gasteiger partial charge on any atom is -0.361 e. The Morgan fingerprint density at radius 1 is 1.00 bits per heavy atom. The Morgan fingerprint density at radius 3 is 2.46 bits per heavy atom. The quantitative estimate of drug-likeness (QED) is 0.316. The molecule has 2 fully saturated rings. The zero-order chi connectivity index (χ0) is 25.9. The van der Waals surface area contributed by atoms with Crippen LogP contribution < -0.4 is 5.32 Å². The second-order valence-electron chi connectivity index (χ2n) is 11.2. The highest BCUT2D eigenvalue weighted by atomic mass is 16.2. The second-order valence-corrected chi connectivity index (χ2v) is 11.2. The number of H-pyrrole nitrogens is 1. The van der Waals surface area contributed by atoms with Gasteiger partial charge in [-0.05, 0) is 86.6 Å². The standard InChI is InChI=1S/C32H38N2O3/c1-3-4-7-21-10-14-26(15-11-21)34-32(37)24(17-25-19-33-28-9-6-5-8-27(25)28)18-29(36)31-23-13-12-22(16-23)30(31)20(2)35/h5-6,8-11,14-15,19,22-24,30-31,33H,3-4,7,12-13,16-18H2,1-2H3,(H,34,37)/t22?,23?,24-,30?,31?/m1/s1. The van der Waals surface area contributed by atoms with Crippen LogP contribution in [-0.4, -0.2) is 22.5 Å². The van der Waals surface area contributed by atoms with Crippen molar-refractivity contribution in [1.82, 2.24) is 4.98 Å². The van der Waals surface area contributed by atoms with E-state index >= 15 is 0 Å². The summed E-state index contributed by atoms with van der Waals surface area (Å²) in [5, 5.41) is 4.16. The third-order valence-corrected chi connectivity index (χ3v) is 8.76. The number of anilines is 1. The summed E-state index contributed by atoms with van der Waals surface area (Å²) in [5.41, 5.74) is 4.07. The van der Waals surface area contributed by atoms with Crippen molar-refractivity contribution in [1.29, 1.82) is 0 Å². The first-order chi connectivity index (χ1) is 17.9. The van der Waals surface area contributed by atoms with Gasteiger partial charge in [0.1, 0.15) is 11.6 Å². The van der Waals surface area contributed by atoms with Crippen LogP contribution in [0.15, 0.2) is 54.7 Å². The number of hydrogen-bond donors (Lipinski definition) is 2. The predicted octanol–water partition coefficient (Wildman–Crippen LogP) is 6.52. The molecule has 2 bridgehead atoms. The van der Waals surface area contributed by atoms with Gasteiger partial charge in [0.05, 0.1) is 0 Å². The average Bonchev–Trinajstić information content (AvgIpc) is 3.63. The molecule has 5 nitrogen and oxygen atoms in total. The maximum atomic E-state index is 13.7. The number of fused-ring (bicyclic) bond motifs is 3. The molecule has 2 N–H and O–H groups in total. The number of nitrogens with one attached hydrogen (secondary N) is 2. The fraction of sp³-hybridized carbons (Fsp3) is 0.469. The highest BCUT2D eigenvalue weighted by Gasteiger charge is 2.52. The highest BCUT2D eigenvalue weighted by molar-refractivity contribution is 5.98. The number of carbonyl (C=O) groups excluding carboxylic acids is 3. The minimum absolute atomic E-state index is 0.0855. The van der Waals surface area contributed by atoms with Crippen molar-refractivity contribution in [2.45, 2.75) is 65.2 Å². The third kappa shape index (κ3) is 5.41. The van der Waals surface area contributed by atoms with Crippen molar-refractivity contribution in [3.05, 3.63) is 65.9 Å². The van der Waals surface area contributed by atoms with Crippen molar-refractivity contribution in [2.24, 2.45) is 29.6 Å². The van der Waals surface area contributed by atoms with Crippen LogP contribution in [0, 0.1) is 29.6 Å². The smallest absolute Gasteiger partial charge is 0.228 e. The fourth-order valence-electron chi connectivity index (χ4n) is 6.92. The summed E-state index contributed by atoms with van der Waals surface area (Å²) in [4.78, 5) is 43.1. The lowest BCUT2D eigenvalue weighted by molar-refractivity contribution is -0.135. The summed E-state index contributed by atoms with van der Waals surface area (Å²) in [5.74, 6) is -0.192. The Kier molecular flexibility index (Phi) is 7.59. The molecule has 2 aliphatic rings. The number of hydrogen-bond acceptors (Lipinski definition) is 3. The third-order valence-electron chi connectivity index (χ3n) is 8.76. The van der Waals surface area contributed by atoms with Gasteiger partial charge in [-0.1, -0.05) is 43.7 Å². The zero-order valence-corrected chi connectivity index (χ0v) is 22.0. The maximum Gasteiger partial charge on any atom is 0.228 e. The molecule has 2 saturated carbocycles. The van der Waals surface area contributed by atoms with Gasteiger partial charge in [0, 0.05) is 47.0 Å². The first-order valence-corrected chi connectivity index (χ1v) is 13.9. The second kappa shape index (κ2) is 11.0. The molecule has 5 atom stereocenters. The number of aromatic nitrogens is 1. The number of ketones is 2. The Labute approximate surface area is 219 Å². The Balaban J connectivity index is 1.36. The number of aryl methyl sites for hydroxylation is 1. The van der Waals surface area contributed by atoms with E-state index in [0.717, 1.165) is 60.7 Å². The van der Waals surface area contributed by atoms with Crippen LogP contribution in [0.3, 0.4) is 0 Å². The van der Waals surface area contributed by atoms with Crippen LogP contribution in [0.2, 0.25) is 0 Å². The molecule has 1 aromatic heterocycles. The van der Waals surface area contributed by atoms with E-state index in [-0.39, 0.29) is 35.7 Å². The van der Waals surface area contributed by atoms with Gasteiger partial charge >= 0.3 is 0 Å². The van der Waals surface area contributed by atoms with Crippen molar-refractivity contribution in [2.75, 3.05) is 5.32 Å². The van der Waals surface area contributed by atoms with E-state index in [9.17, 15) is 14.4 Å². The number of benzene rings is 2. The lowest BCUT2D eigenvalue weighted by atomic mass is 9.73. The summed E-state index contributed by atoms with van der Waals surface area (Å²) in [6.07, 6.45) is 8.96. The fourth-order valence-corrected chi connectivity index (χ4v) is 6.92. The molecule has 2 aromatic carbocycles. The van der Waals surface area contributed by atoms with E-state index in [1.165, 1.54) is 5.56 Å². The average molecular weight is 499 g/mol. The lowest BCUT2D eigenvalue weighted by Gasteiger charge is -2.29. The summed E-state index contributed by atoms with van der Waals surface area (Å²) < 4.78 is 0. The molecular formula is C32H38N2O3. The molecule has 1 heterocycles. The predicted molar refractivity (Wildman–Crippen MR) is 147 cm³/mol. The summed E-state index contributed by atoms with van der Waals surface area (Å²) >= 11 is 0. The number of unbranched alkanes of at least 4 members (excludes halogenated alkanes) is 1. The molecule has 5 rings (SSSR count). The van der Waals surface area contributed by atoms with Crippen LogP contribution in [0.4, 0.5) is 5.69 Å². The van der Waals surface area contributed by atoms with Crippen LogP contribution in [0.5, 0.6) is 0 Å². The number of carbonyl (C=O) groups is 3. The number of aromatic amines is 1. The zero-order valence-electron chi connectivity index (χ0n) is 22.0. The SMILES string of the molecule is CCCCc1ccc(NC(=O)[C@@H](CC(=O)C2C3CCC(C3)C2C(C)=O)Cc2c[nH]c3ccccc23)cc1. The van der Waals surface area contributed by atoms with Gasteiger partial charge in [0.2, 0.25) is 5.91 Å². The molecule has 194 valence electrons. The molecule has 0 aliphatic heterocycles. The Hall–Kier alpha value is -3.21. The topological polar surface area (TPSA) is 79.0 Å². The minimum atomic E-state index is -0.502. The first-order valence-electron chi connectivity index (χ1n) is 13.9. The summed E-state index contributed by atoms with van der Waals surface area (Å²) in [6, 6.07) is 16.1. The van der Waals surface area contributed by atoms with E-state index in [4.69, 9.17) is 0 Å². The maximum absolute atomic E-state index is 13.7. The van der Waals surface area contributed by atoms with E-state index in [2.05, 4.69) is 35.4 Å². The van der Waals surface area contributed by atoms with Crippen LogP contribution in [0.1, 0.15) is 63.5 Å². The van der Waals surface area contributed by atoms with Crippen LogP contribution >= 0.6 is 0 Å². The van der Waals surface area contributed by atoms with Crippen molar-refractivity contribution < 1.29 is 14.4 Å². The molecular weight excluding hydrogens is 460 g/mol. The molecule has 0 saturated heterocycles. The number of rotatable bonds is 11. The molecule has 2 aliphatic carbocycles. The van der Waals surface area contributed by atoms with Gasteiger partial charge in [0.25, 0.3) is 0 Å². The van der Waals surface area contributed by atoms with Crippen molar-refractivity contribution in [3.63, 3.8) is 0 Å².